The summed E-state index contributed by atoms with van der Waals surface area (Å²) in [5.41, 5.74) is 0.968. The van der Waals surface area contributed by atoms with E-state index in [1.807, 2.05) is 12.1 Å². The average Bonchev–Trinajstić information content (AvgIpc) is 2.99. The first kappa shape index (κ1) is 13.5. The summed E-state index contributed by atoms with van der Waals surface area (Å²) in [6, 6.07) is 7.36. The largest absolute Gasteiger partial charge is 0.464 e. The van der Waals surface area contributed by atoms with Crippen molar-refractivity contribution in [3.63, 3.8) is 0 Å². The van der Waals surface area contributed by atoms with E-state index in [-0.39, 0.29) is 6.04 Å². The van der Waals surface area contributed by atoms with Crippen LogP contribution in [0.2, 0.25) is 0 Å². The van der Waals surface area contributed by atoms with Crippen LogP contribution in [0.25, 0.3) is 11.0 Å². The fourth-order valence-corrected chi connectivity index (χ4v) is 3.64. The SMILES string of the molecule is O=C(NC1CN2CCC1CC2)C(=O)c1coc2ccccc12. The lowest BCUT2D eigenvalue weighted by Crippen LogP contribution is -2.58. The van der Waals surface area contributed by atoms with Crippen LogP contribution >= 0.6 is 0 Å². The van der Waals surface area contributed by atoms with Gasteiger partial charge in [0, 0.05) is 18.0 Å². The van der Waals surface area contributed by atoms with Gasteiger partial charge in [0.15, 0.2) is 0 Å². The van der Waals surface area contributed by atoms with Crippen molar-refractivity contribution in [2.24, 2.45) is 5.92 Å². The predicted octanol–water partition coefficient (Wildman–Crippen LogP) is 1.83. The van der Waals surface area contributed by atoms with E-state index in [2.05, 4.69) is 10.2 Å². The molecule has 5 rings (SSSR count). The molecule has 1 amide bonds. The van der Waals surface area contributed by atoms with Gasteiger partial charge in [-0.25, -0.2) is 0 Å². The molecule has 4 heterocycles. The van der Waals surface area contributed by atoms with Gasteiger partial charge < -0.3 is 14.6 Å². The minimum atomic E-state index is -0.523. The van der Waals surface area contributed by atoms with E-state index in [1.54, 1.807) is 12.1 Å². The highest BCUT2D eigenvalue weighted by Gasteiger charge is 2.36. The maximum Gasteiger partial charge on any atom is 0.292 e. The Kier molecular flexibility index (Phi) is 3.22. The van der Waals surface area contributed by atoms with Crippen LogP contribution in [0.15, 0.2) is 34.9 Å². The van der Waals surface area contributed by atoms with Crippen molar-refractivity contribution in [2.75, 3.05) is 19.6 Å². The summed E-state index contributed by atoms with van der Waals surface area (Å²) >= 11 is 0. The molecule has 22 heavy (non-hydrogen) atoms. The number of carbonyl (C=O) groups is 2. The summed E-state index contributed by atoms with van der Waals surface area (Å²) in [7, 11) is 0. The summed E-state index contributed by atoms with van der Waals surface area (Å²) < 4.78 is 5.35. The highest BCUT2D eigenvalue weighted by Crippen LogP contribution is 2.27. The van der Waals surface area contributed by atoms with E-state index in [1.165, 1.54) is 6.26 Å². The van der Waals surface area contributed by atoms with Crippen LogP contribution in [-0.2, 0) is 4.79 Å². The first-order valence-electron chi connectivity index (χ1n) is 7.76. The predicted molar refractivity (Wildman–Crippen MR) is 81.6 cm³/mol. The van der Waals surface area contributed by atoms with Crippen molar-refractivity contribution in [3.8, 4) is 0 Å². The van der Waals surface area contributed by atoms with Gasteiger partial charge in [-0.3, -0.25) is 9.59 Å². The lowest BCUT2D eigenvalue weighted by atomic mass is 9.84. The molecule has 0 aliphatic carbocycles. The van der Waals surface area contributed by atoms with Gasteiger partial charge >= 0.3 is 0 Å². The second-order valence-electron chi connectivity index (χ2n) is 6.19. The number of rotatable bonds is 3. The monoisotopic (exact) mass is 298 g/mol. The van der Waals surface area contributed by atoms with Crippen molar-refractivity contribution in [2.45, 2.75) is 18.9 Å². The Morgan fingerprint density at radius 1 is 1.18 bits per heavy atom. The van der Waals surface area contributed by atoms with Crippen LogP contribution in [-0.4, -0.2) is 42.3 Å². The molecule has 5 heteroatoms. The number of ketones is 1. The standard InChI is InChI=1S/C17H18N2O3/c20-16(13-10-22-15-4-2-1-3-12(13)15)17(21)18-14-9-19-7-5-11(14)6-8-19/h1-4,10-11,14H,5-9H2,(H,18,21). The van der Waals surface area contributed by atoms with Crippen molar-refractivity contribution < 1.29 is 14.0 Å². The number of nitrogens with one attached hydrogen (secondary N) is 1. The van der Waals surface area contributed by atoms with E-state index in [4.69, 9.17) is 4.42 Å². The number of furan rings is 1. The van der Waals surface area contributed by atoms with E-state index in [0.29, 0.717) is 22.5 Å². The number of carbonyl (C=O) groups excluding carboxylic acids is 2. The zero-order valence-electron chi connectivity index (χ0n) is 12.2. The summed E-state index contributed by atoms with van der Waals surface area (Å²) in [4.78, 5) is 27.1. The molecule has 3 fully saturated rings. The number of amides is 1. The van der Waals surface area contributed by atoms with Crippen molar-refractivity contribution in [3.05, 3.63) is 36.1 Å². The van der Waals surface area contributed by atoms with Gasteiger partial charge in [0.25, 0.3) is 11.7 Å². The van der Waals surface area contributed by atoms with Gasteiger partial charge in [-0.2, -0.15) is 0 Å². The Morgan fingerprint density at radius 2 is 1.95 bits per heavy atom. The molecule has 3 aliphatic heterocycles. The summed E-state index contributed by atoms with van der Waals surface area (Å²) in [6.45, 7) is 3.07. The van der Waals surface area contributed by atoms with Gasteiger partial charge in [0.1, 0.15) is 11.8 Å². The smallest absolute Gasteiger partial charge is 0.292 e. The van der Waals surface area contributed by atoms with E-state index in [9.17, 15) is 9.59 Å². The molecule has 1 aromatic carbocycles. The third kappa shape index (κ3) is 2.22. The molecule has 1 atom stereocenters. The van der Waals surface area contributed by atoms with E-state index in [0.717, 1.165) is 32.5 Å². The molecule has 0 saturated carbocycles. The Balaban J connectivity index is 1.52. The first-order valence-corrected chi connectivity index (χ1v) is 7.76. The molecule has 1 N–H and O–H groups in total. The van der Waals surface area contributed by atoms with Crippen LogP contribution in [0.3, 0.4) is 0 Å². The maximum absolute atomic E-state index is 12.4. The molecule has 0 radical (unpaired) electrons. The van der Waals surface area contributed by atoms with Gasteiger partial charge in [0.05, 0.1) is 5.56 Å². The number of Topliss-reactive ketones (excluding diaryl/α,β-unsaturated/α-hetero) is 1. The number of nitrogens with zero attached hydrogens (tertiary/aromatic N) is 1. The molecule has 2 bridgehead atoms. The Bertz CT molecular complexity index is 728. The molecule has 114 valence electrons. The highest BCUT2D eigenvalue weighted by atomic mass is 16.3. The number of para-hydroxylation sites is 1. The number of hydrogen-bond donors (Lipinski definition) is 1. The Hall–Kier alpha value is -2.14. The zero-order chi connectivity index (χ0) is 15.1. The molecule has 1 aromatic heterocycles. The molecule has 3 saturated heterocycles. The number of piperidine rings is 3. The molecule has 1 unspecified atom stereocenters. The lowest BCUT2D eigenvalue weighted by Gasteiger charge is -2.44. The summed E-state index contributed by atoms with van der Waals surface area (Å²) in [5.74, 6) is -0.533. The average molecular weight is 298 g/mol. The third-order valence-electron chi connectivity index (χ3n) is 4.90. The number of fused-ring (bicyclic) bond motifs is 4. The Morgan fingerprint density at radius 3 is 2.68 bits per heavy atom. The lowest BCUT2D eigenvalue weighted by molar-refractivity contribution is -0.119. The highest BCUT2D eigenvalue weighted by molar-refractivity contribution is 6.44. The van der Waals surface area contributed by atoms with Crippen LogP contribution in [0.1, 0.15) is 23.2 Å². The summed E-state index contributed by atoms with van der Waals surface area (Å²) in [5, 5.41) is 3.62. The van der Waals surface area contributed by atoms with E-state index < -0.39 is 11.7 Å². The maximum atomic E-state index is 12.4. The number of benzene rings is 1. The molecular formula is C17H18N2O3. The van der Waals surface area contributed by atoms with Gasteiger partial charge in [-0.15, -0.1) is 0 Å². The quantitative estimate of drug-likeness (QED) is 0.693. The fourth-order valence-electron chi connectivity index (χ4n) is 3.64. The molecule has 5 nitrogen and oxygen atoms in total. The normalized spacial score (nSPS) is 27.0. The van der Waals surface area contributed by atoms with Crippen molar-refractivity contribution in [1.82, 2.24) is 10.2 Å². The van der Waals surface area contributed by atoms with Gasteiger partial charge in [-0.1, -0.05) is 18.2 Å². The third-order valence-corrected chi connectivity index (χ3v) is 4.90. The molecular weight excluding hydrogens is 280 g/mol. The van der Waals surface area contributed by atoms with Crippen molar-refractivity contribution >= 4 is 22.7 Å². The minimum Gasteiger partial charge on any atom is -0.464 e. The van der Waals surface area contributed by atoms with Crippen LogP contribution < -0.4 is 5.32 Å². The van der Waals surface area contributed by atoms with Crippen LogP contribution in [0, 0.1) is 5.92 Å². The second-order valence-corrected chi connectivity index (χ2v) is 6.19. The van der Waals surface area contributed by atoms with Gasteiger partial charge in [-0.05, 0) is 37.9 Å². The van der Waals surface area contributed by atoms with Gasteiger partial charge in [0.2, 0.25) is 0 Å². The van der Waals surface area contributed by atoms with Crippen molar-refractivity contribution in [1.29, 1.82) is 0 Å². The van der Waals surface area contributed by atoms with Crippen LogP contribution in [0.4, 0.5) is 0 Å². The summed E-state index contributed by atoms with van der Waals surface area (Å²) in [6.07, 6.45) is 3.59. The molecule has 0 spiro atoms. The molecule has 2 aromatic rings. The topological polar surface area (TPSA) is 62.6 Å². The zero-order valence-corrected chi connectivity index (χ0v) is 12.2. The molecule has 3 aliphatic rings. The van der Waals surface area contributed by atoms with Crippen LogP contribution in [0.5, 0.6) is 0 Å². The number of hydrogen-bond acceptors (Lipinski definition) is 4. The first-order chi connectivity index (χ1) is 10.7. The Labute approximate surface area is 128 Å². The van der Waals surface area contributed by atoms with E-state index >= 15 is 0 Å². The minimum absolute atomic E-state index is 0.0946. The second kappa shape index (κ2) is 5.25. The fraction of sp³-hybridized carbons (Fsp3) is 0.412.